The Balaban J connectivity index is 1.86. The number of hydrogen-bond acceptors (Lipinski definition) is 9. The molecule has 0 saturated heterocycles. The van der Waals surface area contributed by atoms with Crippen molar-refractivity contribution in [2.45, 2.75) is 44.8 Å². The fourth-order valence-corrected chi connectivity index (χ4v) is 4.05. The van der Waals surface area contributed by atoms with Gasteiger partial charge in [-0.05, 0) is 38.7 Å². The smallest absolute Gasteiger partial charge is 0.316 e. The largest absolute Gasteiger partial charge is 0.467 e. The quantitative estimate of drug-likeness (QED) is 0.598. The second-order valence-electron chi connectivity index (χ2n) is 7.32. The number of aryl methyl sites for hydroxylation is 1. The van der Waals surface area contributed by atoms with E-state index in [2.05, 4.69) is 19.9 Å². The lowest BCUT2D eigenvalue weighted by atomic mass is 9.92. The van der Waals surface area contributed by atoms with Crippen LogP contribution >= 0.6 is 0 Å². The van der Waals surface area contributed by atoms with Crippen LogP contribution in [-0.2, 0) is 4.74 Å². The second kappa shape index (κ2) is 8.33. The lowest BCUT2D eigenvalue weighted by Gasteiger charge is -2.30. The number of nitrogens with zero attached hydrogens (tertiary/aromatic N) is 5. The van der Waals surface area contributed by atoms with Gasteiger partial charge in [-0.15, -0.1) is 0 Å². The predicted octanol–water partition coefficient (Wildman–Crippen LogP) is 1.60. The summed E-state index contributed by atoms with van der Waals surface area (Å²) >= 11 is 0. The molecule has 10 heteroatoms. The minimum absolute atomic E-state index is 0.00665. The van der Waals surface area contributed by atoms with Crippen molar-refractivity contribution < 1.29 is 14.6 Å². The minimum atomic E-state index is -0.297. The first kappa shape index (κ1) is 20.2. The number of aliphatic hydroxyl groups is 1. The molecule has 0 spiro atoms. The number of pyridine rings is 1. The first-order valence-corrected chi connectivity index (χ1v) is 9.80. The van der Waals surface area contributed by atoms with E-state index in [0.29, 0.717) is 22.5 Å². The maximum Gasteiger partial charge on any atom is 0.316 e. The number of ether oxygens (including phenoxy) is 2. The molecule has 0 bridgehead atoms. The zero-order valence-corrected chi connectivity index (χ0v) is 16.9. The predicted molar refractivity (Wildman–Crippen MR) is 110 cm³/mol. The highest BCUT2D eigenvalue weighted by Gasteiger charge is 2.27. The zero-order chi connectivity index (χ0) is 21.3. The summed E-state index contributed by atoms with van der Waals surface area (Å²) in [7, 11) is 1.49. The van der Waals surface area contributed by atoms with E-state index < -0.39 is 0 Å². The van der Waals surface area contributed by atoms with Crippen LogP contribution in [0, 0.1) is 6.92 Å². The molecule has 3 N–H and O–H groups in total. The number of anilines is 1. The van der Waals surface area contributed by atoms with Gasteiger partial charge in [-0.25, -0.2) is 15.0 Å². The average Bonchev–Trinajstić information content (AvgIpc) is 2.74. The van der Waals surface area contributed by atoms with Gasteiger partial charge in [0.15, 0.2) is 0 Å². The Kier molecular flexibility index (Phi) is 5.60. The number of aromatic nitrogens is 5. The summed E-state index contributed by atoms with van der Waals surface area (Å²) in [6, 6.07) is 1.94. The standard InChI is InChI=1S/C20H24N6O4/c1-11-15-7-16(12-8-22-20(29-2)23-9-12)18(28)26(17(15)25-19(21)24-11)13-3-5-14(6-4-13)30-10-27/h7-9,13-14,27H,3-6,10H2,1-2H3,(H2,21,24,25). The minimum Gasteiger partial charge on any atom is -0.467 e. The van der Waals surface area contributed by atoms with Crippen LogP contribution in [0.25, 0.3) is 22.2 Å². The Morgan fingerprint density at radius 2 is 1.90 bits per heavy atom. The molecule has 1 aliphatic carbocycles. The van der Waals surface area contributed by atoms with Crippen LogP contribution in [0.3, 0.4) is 0 Å². The maximum absolute atomic E-state index is 13.6. The van der Waals surface area contributed by atoms with Crippen molar-refractivity contribution >= 4 is 17.0 Å². The number of methoxy groups -OCH3 is 1. The number of nitrogen functional groups attached to an aromatic ring is 1. The summed E-state index contributed by atoms with van der Waals surface area (Å²) in [4.78, 5) is 30.5. The van der Waals surface area contributed by atoms with Gasteiger partial charge in [0.05, 0.1) is 24.5 Å². The molecule has 1 fully saturated rings. The summed E-state index contributed by atoms with van der Waals surface area (Å²) < 4.78 is 12.1. The Labute approximate surface area is 172 Å². The summed E-state index contributed by atoms with van der Waals surface area (Å²) in [5.41, 5.74) is 7.99. The molecule has 0 radical (unpaired) electrons. The van der Waals surface area contributed by atoms with E-state index >= 15 is 0 Å². The van der Waals surface area contributed by atoms with Crippen molar-refractivity contribution in [1.82, 2.24) is 24.5 Å². The molecule has 158 valence electrons. The zero-order valence-electron chi connectivity index (χ0n) is 16.9. The average molecular weight is 412 g/mol. The Hall–Kier alpha value is -3.11. The van der Waals surface area contributed by atoms with Gasteiger partial charge in [0.1, 0.15) is 12.4 Å². The van der Waals surface area contributed by atoms with Gasteiger partial charge in [-0.2, -0.15) is 4.98 Å². The topological polar surface area (TPSA) is 138 Å². The van der Waals surface area contributed by atoms with Crippen molar-refractivity contribution in [2.24, 2.45) is 0 Å². The third-order valence-electron chi connectivity index (χ3n) is 5.54. The van der Waals surface area contributed by atoms with E-state index in [1.54, 1.807) is 23.0 Å². The normalized spacial score (nSPS) is 19.2. The lowest BCUT2D eigenvalue weighted by molar-refractivity contribution is -0.0663. The maximum atomic E-state index is 13.6. The molecular weight excluding hydrogens is 388 g/mol. The molecule has 0 atom stereocenters. The van der Waals surface area contributed by atoms with Crippen molar-refractivity contribution in [3.05, 3.63) is 34.5 Å². The molecule has 3 heterocycles. The van der Waals surface area contributed by atoms with Crippen LogP contribution in [0.5, 0.6) is 6.01 Å². The van der Waals surface area contributed by atoms with Gasteiger partial charge in [-0.3, -0.25) is 9.36 Å². The molecule has 0 aliphatic heterocycles. The molecule has 0 amide bonds. The fraction of sp³-hybridized carbons (Fsp3) is 0.450. The Bertz CT molecular complexity index is 1110. The Morgan fingerprint density at radius 3 is 2.53 bits per heavy atom. The van der Waals surface area contributed by atoms with Crippen LogP contribution in [0.2, 0.25) is 0 Å². The third kappa shape index (κ3) is 3.71. The molecule has 3 aromatic rings. The van der Waals surface area contributed by atoms with E-state index in [0.717, 1.165) is 31.1 Å². The highest BCUT2D eigenvalue weighted by Crippen LogP contribution is 2.32. The van der Waals surface area contributed by atoms with Gasteiger partial charge in [-0.1, -0.05) is 0 Å². The molecule has 10 nitrogen and oxygen atoms in total. The number of hydrogen-bond donors (Lipinski definition) is 2. The number of rotatable bonds is 5. The van der Waals surface area contributed by atoms with Crippen molar-refractivity contribution in [3.63, 3.8) is 0 Å². The van der Waals surface area contributed by atoms with Gasteiger partial charge in [0, 0.05) is 29.4 Å². The van der Waals surface area contributed by atoms with Crippen LogP contribution in [0.4, 0.5) is 5.95 Å². The van der Waals surface area contributed by atoms with Gasteiger partial charge < -0.3 is 20.3 Å². The fourth-order valence-electron chi connectivity index (χ4n) is 4.05. The number of aliphatic hydroxyl groups excluding tert-OH is 1. The Morgan fingerprint density at radius 1 is 1.20 bits per heavy atom. The molecule has 0 unspecified atom stereocenters. The summed E-state index contributed by atoms with van der Waals surface area (Å²) in [6.45, 7) is 1.55. The van der Waals surface area contributed by atoms with Crippen molar-refractivity contribution in [3.8, 4) is 17.1 Å². The second-order valence-corrected chi connectivity index (χ2v) is 7.32. The van der Waals surface area contributed by atoms with Gasteiger partial charge >= 0.3 is 6.01 Å². The van der Waals surface area contributed by atoms with Crippen LogP contribution < -0.4 is 16.0 Å². The lowest BCUT2D eigenvalue weighted by Crippen LogP contribution is -2.32. The number of nitrogens with two attached hydrogens (primary N) is 1. The molecule has 3 aromatic heterocycles. The number of fused-ring (bicyclic) bond motifs is 1. The van der Waals surface area contributed by atoms with Crippen molar-refractivity contribution in [1.29, 1.82) is 0 Å². The molecule has 1 aliphatic rings. The summed E-state index contributed by atoms with van der Waals surface area (Å²) in [5.74, 6) is 0.131. The highest BCUT2D eigenvalue weighted by atomic mass is 16.6. The van der Waals surface area contributed by atoms with Crippen LogP contribution in [-0.4, -0.2) is 49.6 Å². The van der Waals surface area contributed by atoms with Gasteiger partial charge in [0.2, 0.25) is 5.95 Å². The van der Waals surface area contributed by atoms with E-state index in [4.69, 9.17) is 20.3 Å². The molecule has 4 rings (SSSR count). The van der Waals surface area contributed by atoms with E-state index in [1.165, 1.54) is 7.11 Å². The van der Waals surface area contributed by atoms with E-state index in [1.807, 2.05) is 6.92 Å². The summed E-state index contributed by atoms with van der Waals surface area (Å²) in [5, 5.41) is 9.77. The molecule has 1 saturated carbocycles. The first-order chi connectivity index (χ1) is 14.5. The first-order valence-electron chi connectivity index (χ1n) is 9.80. The molecule has 0 aromatic carbocycles. The summed E-state index contributed by atoms with van der Waals surface area (Å²) in [6.07, 6.45) is 6.07. The monoisotopic (exact) mass is 412 g/mol. The molecule has 30 heavy (non-hydrogen) atoms. The van der Waals surface area contributed by atoms with Crippen molar-refractivity contribution in [2.75, 3.05) is 19.6 Å². The SMILES string of the molecule is COc1ncc(-c2cc3c(C)nc(N)nc3n(C3CCC(OCO)CC3)c2=O)cn1. The molecular formula is C20H24N6O4. The third-order valence-corrected chi connectivity index (χ3v) is 5.54. The van der Waals surface area contributed by atoms with E-state index in [-0.39, 0.29) is 36.5 Å². The van der Waals surface area contributed by atoms with Crippen LogP contribution in [0.1, 0.15) is 37.4 Å². The van der Waals surface area contributed by atoms with Crippen LogP contribution in [0.15, 0.2) is 23.3 Å². The van der Waals surface area contributed by atoms with Gasteiger partial charge in [0.25, 0.3) is 5.56 Å². The highest BCUT2D eigenvalue weighted by molar-refractivity contribution is 5.83. The van der Waals surface area contributed by atoms with E-state index in [9.17, 15) is 4.79 Å².